The Balaban J connectivity index is 0.00000256. The summed E-state index contributed by atoms with van der Waals surface area (Å²) in [6.45, 7) is 4.88. The Bertz CT molecular complexity index is 361. The van der Waals surface area contributed by atoms with Crippen molar-refractivity contribution in [2.75, 3.05) is 7.11 Å². The van der Waals surface area contributed by atoms with Gasteiger partial charge in [-0.1, -0.05) is 22.9 Å². The zero-order valence-electron chi connectivity index (χ0n) is 10.3. The molecule has 0 radical (unpaired) electrons. The van der Waals surface area contributed by atoms with Gasteiger partial charge in [0.2, 0.25) is 0 Å². The molecule has 0 aromatic heterocycles. The molecule has 5 heteroatoms. The monoisotopic (exact) mass is 323 g/mol. The van der Waals surface area contributed by atoms with Crippen LogP contribution in [0, 0.1) is 0 Å². The first-order chi connectivity index (χ1) is 7.58. The summed E-state index contributed by atoms with van der Waals surface area (Å²) in [5.41, 5.74) is 0.839. The van der Waals surface area contributed by atoms with E-state index in [2.05, 4.69) is 35.1 Å². The van der Waals surface area contributed by atoms with Crippen molar-refractivity contribution in [2.24, 2.45) is 0 Å². The topological polar surface area (TPSA) is 41.5 Å². The summed E-state index contributed by atoms with van der Waals surface area (Å²) in [4.78, 5) is 0. The number of hydrogen-bond acceptors (Lipinski definition) is 3. The molecule has 2 N–H and O–H groups in total. The molecule has 0 aliphatic heterocycles. The van der Waals surface area contributed by atoms with Gasteiger partial charge < -0.3 is 15.2 Å². The molecule has 1 atom stereocenters. The minimum Gasteiger partial charge on any atom is -0.504 e. The average molecular weight is 325 g/mol. The number of rotatable bonds is 5. The van der Waals surface area contributed by atoms with Crippen molar-refractivity contribution in [3.8, 4) is 11.5 Å². The summed E-state index contributed by atoms with van der Waals surface area (Å²) in [7, 11) is 1.55. The minimum atomic E-state index is 0. The molecule has 1 aromatic carbocycles. The van der Waals surface area contributed by atoms with Gasteiger partial charge in [0.15, 0.2) is 11.5 Å². The average Bonchev–Trinajstić information content (AvgIpc) is 2.29. The van der Waals surface area contributed by atoms with Crippen molar-refractivity contribution in [1.82, 2.24) is 5.32 Å². The molecule has 3 nitrogen and oxygen atoms in total. The zero-order chi connectivity index (χ0) is 12.1. The predicted octanol–water partition coefficient (Wildman–Crippen LogP) is 3.47. The fraction of sp³-hybridized carbons (Fsp3) is 0.500. The first kappa shape index (κ1) is 16.6. The second-order valence-electron chi connectivity index (χ2n) is 3.81. The molecule has 0 amide bonds. The van der Waals surface area contributed by atoms with E-state index in [0.717, 1.165) is 16.5 Å². The highest BCUT2D eigenvalue weighted by Crippen LogP contribution is 2.33. The van der Waals surface area contributed by atoms with Gasteiger partial charge in [-0.25, -0.2) is 0 Å². The molecule has 1 rings (SSSR count). The first-order valence-corrected chi connectivity index (χ1v) is 6.16. The van der Waals surface area contributed by atoms with Gasteiger partial charge in [0.05, 0.1) is 7.11 Å². The lowest BCUT2D eigenvalue weighted by Gasteiger charge is -2.14. The van der Waals surface area contributed by atoms with Gasteiger partial charge in [0, 0.05) is 22.6 Å². The van der Waals surface area contributed by atoms with E-state index in [9.17, 15) is 5.11 Å². The zero-order valence-corrected chi connectivity index (χ0v) is 12.7. The molecular weight excluding hydrogens is 305 g/mol. The van der Waals surface area contributed by atoms with E-state index >= 15 is 0 Å². The fourth-order valence-corrected chi connectivity index (χ4v) is 1.83. The molecule has 98 valence electrons. The van der Waals surface area contributed by atoms with Crippen LogP contribution in [0.2, 0.25) is 0 Å². The number of methoxy groups -OCH3 is 1. The summed E-state index contributed by atoms with van der Waals surface area (Å²) in [5.74, 6) is 0.705. The first-order valence-electron chi connectivity index (χ1n) is 5.37. The lowest BCUT2D eigenvalue weighted by atomic mass is 10.1. The summed E-state index contributed by atoms with van der Waals surface area (Å²) in [6.07, 6.45) is 1.06. The van der Waals surface area contributed by atoms with Gasteiger partial charge in [-0.05, 0) is 25.5 Å². The van der Waals surface area contributed by atoms with Crippen molar-refractivity contribution >= 4 is 28.3 Å². The van der Waals surface area contributed by atoms with Gasteiger partial charge in [-0.3, -0.25) is 0 Å². The number of ether oxygens (including phenoxy) is 1. The summed E-state index contributed by atoms with van der Waals surface area (Å²) >= 11 is 3.39. The Morgan fingerprint density at radius 3 is 2.65 bits per heavy atom. The third-order valence-corrected chi connectivity index (χ3v) is 3.05. The summed E-state index contributed by atoms with van der Waals surface area (Å²) in [5, 5.41) is 13.2. The van der Waals surface area contributed by atoms with Crippen LogP contribution < -0.4 is 10.1 Å². The number of hydrogen-bond donors (Lipinski definition) is 2. The molecule has 1 aromatic rings. The Morgan fingerprint density at radius 1 is 1.47 bits per heavy atom. The van der Waals surface area contributed by atoms with Gasteiger partial charge in [0.25, 0.3) is 0 Å². The van der Waals surface area contributed by atoms with E-state index in [-0.39, 0.29) is 18.2 Å². The van der Waals surface area contributed by atoms with Crippen molar-refractivity contribution in [3.05, 3.63) is 22.2 Å². The number of phenolic OH excluding ortho intramolecular Hbond substituents is 1. The van der Waals surface area contributed by atoms with Crippen LogP contribution in [0.1, 0.15) is 25.8 Å². The van der Waals surface area contributed by atoms with Gasteiger partial charge in [0.1, 0.15) is 0 Å². The Kier molecular flexibility index (Phi) is 7.59. The molecule has 0 bridgehead atoms. The second-order valence-corrected chi connectivity index (χ2v) is 4.72. The van der Waals surface area contributed by atoms with Crippen molar-refractivity contribution in [1.29, 1.82) is 0 Å². The normalized spacial score (nSPS) is 11.8. The second kappa shape index (κ2) is 7.80. The lowest BCUT2D eigenvalue weighted by Crippen LogP contribution is -2.24. The van der Waals surface area contributed by atoms with E-state index in [1.807, 2.05) is 6.07 Å². The summed E-state index contributed by atoms with van der Waals surface area (Å²) < 4.78 is 6.00. The quantitative estimate of drug-likeness (QED) is 0.871. The van der Waals surface area contributed by atoms with Crippen molar-refractivity contribution in [2.45, 2.75) is 32.9 Å². The van der Waals surface area contributed by atoms with Crippen molar-refractivity contribution in [3.63, 3.8) is 0 Å². The van der Waals surface area contributed by atoms with Crippen LogP contribution in [0.5, 0.6) is 11.5 Å². The van der Waals surface area contributed by atoms with Crippen molar-refractivity contribution < 1.29 is 9.84 Å². The van der Waals surface area contributed by atoms with Crippen LogP contribution in [-0.2, 0) is 6.54 Å². The molecule has 0 heterocycles. The number of aromatic hydroxyl groups is 1. The standard InChI is InChI=1S/C12H18BrNO2.ClH/c1-4-8(2)14-7-9-5-10(13)6-11(16-3)12(9)15;/h5-6,8,14-15H,4,7H2,1-3H3;1H. The Morgan fingerprint density at radius 2 is 2.12 bits per heavy atom. The number of phenols is 1. The van der Waals surface area contributed by atoms with E-state index in [4.69, 9.17) is 4.74 Å². The molecule has 0 spiro atoms. The number of nitrogens with one attached hydrogen (secondary N) is 1. The van der Waals surface area contributed by atoms with Gasteiger partial charge in [-0.15, -0.1) is 12.4 Å². The lowest BCUT2D eigenvalue weighted by molar-refractivity contribution is 0.368. The van der Waals surface area contributed by atoms with Crippen LogP contribution in [0.25, 0.3) is 0 Å². The Hall–Kier alpha value is -0.450. The van der Waals surface area contributed by atoms with Crippen LogP contribution in [0.3, 0.4) is 0 Å². The highest BCUT2D eigenvalue weighted by molar-refractivity contribution is 9.10. The molecule has 1 unspecified atom stereocenters. The van der Waals surface area contributed by atoms with Crippen LogP contribution in [0.15, 0.2) is 16.6 Å². The number of benzene rings is 1. The molecule has 17 heavy (non-hydrogen) atoms. The maximum absolute atomic E-state index is 9.91. The highest BCUT2D eigenvalue weighted by Gasteiger charge is 2.10. The molecule has 0 fully saturated rings. The third-order valence-electron chi connectivity index (χ3n) is 2.59. The molecule has 0 saturated heterocycles. The molecular formula is C12H19BrClNO2. The van der Waals surface area contributed by atoms with Crippen LogP contribution in [0.4, 0.5) is 0 Å². The maximum Gasteiger partial charge on any atom is 0.162 e. The molecule has 0 aliphatic carbocycles. The smallest absolute Gasteiger partial charge is 0.162 e. The number of halogens is 2. The predicted molar refractivity (Wildman–Crippen MR) is 76.2 cm³/mol. The fourth-order valence-electron chi connectivity index (χ4n) is 1.35. The molecule has 0 aliphatic rings. The van der Waals surface area contributed by atoms with E-state index in [0.29, 0.717) is 18.3 Å². The van der Waals surface area contributed by atoms with E-state index in [1.54, 1.807) is 13.2 Å². The van der Waals surface area contributed by atoms with Crippen LogP contribution in [-0.4, -0.2) is 18.3 Å². The van der Waals surface area contributed by atoms with Crippen LogP contribution >= 0.6 is 28.3 Å². The maximum atomic E-state index is 9.91. The third kappa shape index (κ3) is 4.74. The minimum absolute atomic E-state index is 0. The van der Waals surface area contributed by atoms with E-state index < -0.39 is 0 Å². The highest BCUT2D eigenvalue weighted by atomic mass is 79.9. The molecule has 0 saturated carbocycles. The van der Waals surface area contributed by atoms with Gasteiger partial charge in [-0.2, -0.15) is 0 Å². The summed E-state index contributed by atoms with van der Waals surface area (Å²) in [6, 6.07) is 4.08. The van der Waals surface area contributed by atoms with E-state index in [1.165, 1.54) is 0 Å². The Labute approximate surface area is 117 Å². The SMILES string of the molecule is CCC(C)NCc1cc(Br)cc(OC)c1O.Cl. The largest absolute Gasteiger partial charge is 0.504 e. The van der Waals surface area contributed by atoms with Gasteiger partial charge >= 0.3 is 0 Å².